The van der Waals surface area contributed by atoms with Crippen molar-refractivity contribution in [2.45, 2.75) is 19.6 Å². The molecule has 0 spiro atoms. The van der Waals surface area contributed by atoms with Crippen molar-refractivity contribution in [2.75, 3.05) is 20.1 Å². The predicted molar refractivity (Wildman–Crippen MR) is 84.6 cm³/mol. The van der Waals surface area contributed by atoms with Crippen LogP contribution >= 0.6 is 23.2 Å². The highest BCUT2D eigenvalue weighted by Crippen LogP contribution is 2.22. The normalized spacial score (nSPS) is 12.9. The van der Waals surface area contributed by atoms with E-state index < -0.39 is 10.0 Å². The first-order valence-electron chi connectivity index (χ1n) is 6.15. The lowest BCUT2D eigenvalue weighted by molar-refractivity contribution is 0.291. The van der Waals surface area contributed by atoms with Crippen LogP contribution in [0.15, 0.2) is 18.2 Å². The third-order valence-corrected chi connectivity index (χ3v) is 5.16. The van der Waals surface area contributed by atoms with Gasteiger partial charge in [0, 0.05) is 23.6 Å². The van der Waals surface area contributed by atoms with E-state index >= 15 is 0 Å². The fourth-order valence-corrected chi connectivity index (χ4v) is 3.71. The fourth-order valence-electron chi connectivity index (χ4n) is 1.78. The Morgan fingerprint density at radius 3 is 2.15 bits per heavy atom. The van der Waals surface area contributed by atoms with Gasteiger partial charge in [-0.15, -0.1) is 0 Å². The van der Waals surface area contributed by atoms with Crippen molar-refractivity contribution in [1.82, 2.24) is 4.31 Å². The molecule has 0 aromatic heterocycles. The minimum atomic E-state index is -3.43. The number of hydrogen-bond acceptors (Lipinski definition) is 3. The molecule has 0 unspecified atom stereocenters. The molecule has 0 saturated heterocycles. The predicted octanol–water partition coefficient (Wildman–Crippen LogP) is 2.74. The van der Waals surface area contributed by atoms with Crippen LogP contribution in [0.4, 0.5) is 0 Å². The minimum Gasteiger partial charge on any atom is -0.330 e. The van der Waals surface area contributed by atoms with Gasteiger partial charge >= 0.3 is 0 Å². The lowest BCUT2D eigenvalue weighted by Crippen LogP contribution is -2.40. The Labute approximate surface area is 130 Å². The van der Waals surface area contributed by atoms with E-state index in [4.69, 9.17) is 28.9 Å². The number of hydrogen-bond donors (Lipinski definition) is 1. The number of rotatable bonds is 6. The molecule has 0 aliphatic heterocycles. The van der Waals surface area contributed by atoms with Crippen molar-refractivity contribution in [2.24, 2.45) is 11.1 Å². The Morgan fingerprint density at radius 2 is 1.70 bits per heavy atom. The highest BCUT2D eigenvalue weighted by Gasteiger charge is 2.26. The standard InChI is InChI=1S/C13H20Cl2N2O2S/c1-13(2,8-16)9-17(3)20(18,19)7-10-4-11(14)6-12(15)5-10/h4-6H,7-9,16H2,1-3H3. The summed E-state index contributed by atoms with van der Waals surface area (Å²) in [7, 11) is -1.88. The summed E-state index contributed by atoms with van der Waals surface area (Å²) in [6.45, 7) is 4.63. The average molecular weight is 339 g/mol. The van der Waals surface area contributed by atoms with Gasteiger partial charge in [0.1, 0.15) is 0 Å². The highest BCUT2D eigenvalue weighted by atomic mass is 35.5. The Hall–Kier alpha value is -0.330. The second-order valence-corrected chi connectivity index (χ2v) is 8.61. The summed E-state index contributed by atoms with van der Waals surface area (Å²) in [6, 6.07) is 4.78. The molecule has 0 aliphatic rings. The van der Waals surface area contributed by atoms with Crippen LogP contribution in [0.5, 0.6) is 0 Å². The van der Waals surface area contributed by atoms with E-state index in [0.717, 1.165) is 0 Å². The molecule has 7 heteroatoms. The van der Waals surface area contributed by atoms with Crippen molar-refractivity contribution >= 4 is 33.2 Å². The molecule has 0 radical (unpaired) electrons. The van der Waals surface area contributed by atoms with E-state index in [1.54, 1.807) is 25.2 Å². The van der Waals surface area contributed by atoms with E-state index in [0.29, 0.717) is 28.7 Å². The first kappa shape index (κ1) is 17.7. The van der Waals surface area contributed by atoms with Crippen LogP contribution in [0.2, 0.25) is 10.0 Å². The van der Waals surface area contributed by atoms with Crippen molar-refractivity contribution in [1.29, 1.82) is 0 Å². The quantitative estimate of drug-likeness (QED) is 0.867. The van der Waals surface area contributed by atoms with Crippen molar-refractivity contribution < 1.29 is 8.42 Å². The topological polar surface area (TPSA) is 63.4 Å². The summed E-state index contributed by atoms with van der Waals surface area (Å²) in [5, 5.41) is 0.847. The van der Waals surface area contributed by atoms with E-state index in [2.05, 4.69) is 0 Å². The Bertz CT molecular complexity index is 553. The summed E-state index contributed by atoms with van der Waals surface area (Å²) in [5.74, 6) is -0.134. The summed E-state index contributed by atoms with van der Waals surface area (Å²) < 4.78 is 26.0. The van der Waals surface area contributed by atoms with Crippen LogP contribution in [0.1, 0.15) is 19.4 Å². The van der Waals surface area contributed by atoms with E-state index in [1.165, 1.54) is 4.31 Å². The second kappa shape index (κ2) is 6.62. The Kier molecular flexibility index (Phi) is 5.87. The van der Waals surface area contributed by atoms with Crippen molar-refractivity contribution in [3.05, 3.63) is 33.8 Å². The molecule has 114 valence electrons. The number of benzene rings is 1. The first-order chi connectivity index (χ1) is 9.05. The maximum absolute atomic E-state index is 12.3. The molecule has 0 amide bonds. The molecule has 0 fully saturated rings. The SMILES string of the molecule is CN(CC(C)(C)CN)S(=O)(=O)Cc1cc(Cl)cc(Cl)c1. The van der Waals surface area contributed by atoms with Gasteiger partial charge in [0.05, 0.1) is 5.75 Å². The first-order valence-corrected chi connectivity index (χ1v) is 8.51. The van der Waals surface area contributed by atoms with Gasteiger partial charge in [-0.25, -0.2) is 12.7 Å². The van der Waals surface area contributed by atoms with Gasteiger partial charge in [-0.2, -0.15) is 0 Å². The van der Waals surface area contributed by atoms with E-state index in [9.17, 15) is 8.42 Å². The molecule has 2 N–H and O–H groups in total. The van der Waals surface area contributed by atoms with Crippen LogP contribution in [-0.2, 0) is 15.8 Å². The summed E-state index contributed by atoms with van der Waals surface area (Å²) in [4.78, 5) is 0. The molecule has 1 rings (SSSR count). The second-order valence-electron chi connectivity index (χ2n) is 5.66. The molecular formula is C13H20Cl2N2O2S. The lowest BCUT2D eigenvalue weighted by Gasteiger charge is -2.28. The maximum Gasteiger partial charge on any atom is 0.218 e. The van der Waals surface area contributed by atoms with Crippen LogP contribution in [-0.4, -0.2) is 32.9 Å². The minimum absolute atomic E-state index is 0.134. The monoisotopic (exact) mass is 338 g/mol. The van der Waals surface area contributed by atoms with E-state index in [-0.39, 0.29) is 11.2 Å². The van der Waals surface area contributed by atoms with Gasteiger partial charge in [0.15, 0.2) is 0 Å². The van der Waals surface area contributed by atoms with Gasteiger partial charge in [-0.3, -0.25) is 0 Å². The van der Waals surface area contributed by atoms with Crippen LogP contribution in [0.25, 0.3) is 0 Å². The van der Waals surface area contributed by atoms with Crippen LogP contribution in [0.3, 0.4) is 0 Å². The fraction of sp³-hybridized carbons (Fsp3) is 0.538. The van der Waals surface area contributed by atoms with Crippen molar-refractivity contribution in [3.8, 4) is 0 Å². The molecule has 0 atom stereocenters. The summed E-state index contributed by atoms with van der Waals surface area (Å²) in [6.07, 6.45) is 0. The summed E-state index contributed by atoms with van der Waals surface area (Å²) in [5.41, 5.74) is 5.93. The average Bonchev–Trinajstić information content (AvgIpc) is 2.26. The molecule has 0 aliphatic carbocycles. The molecule has 4 nitrogen and oxygen atoms in total. The van der Waals surface area contributed by atoms with Gasteiger partial charge in [0.25, 0.3) is 0 Å². The van der Waals surface area contributed by atoms with Gasteiger partial charge in [0.2, 0.25) is 10.0 Å². The number of nitrogens with two attached hydrogens (primary N) is 1. The van der Waals surface area contributed by atoms with Gasteiger partial charge in [-0.05, 0) is 35.7 Å². The van der Waals surface area contributed by atoms with Crippen LogP contribution < -0.4 is 5.73 Å². The zero-order chi connectivity index (χ0) is 15.6. The number of nitrogens with zero attached hydrogens (tertiary/aromatic N) is 1. The van der Waals surface area contributed by atoms with Crippen LogP contribution in [0, 0.1) is 5.41 Å². The summed E-state index contributed by atoms with van der Waals surface area (Å²) >= 11 is 11.8. The number of sulfonamides is 1. The molecule has 1 aromatic rings. The van der Waals surface area contributed by atoms with Gasteiger partial charge < -0.3 is 5.73 Å². The van der Waals surface area contributed by atoms with Crippen molar-refractivity contribution in [3.63, 3.8) is 0 Å². The molecule has 0 saturated carbocycles. The molecule has 0 bridgehead atoms. The molecular weight excluding hydrogens is 319 g/mol. The lowest BCUT2D eigenvalue weighted by atomic mass is 9.94. The zero-order valence-electron chi connectivity index (χ0n) is 11.9. The third kappa shape index (κ3) is 5.22. The Balaban J connectivity index is 2.89. The Morgan fingerprint density at radius 1 is 1.20 bits per heavy atom. The van der Waals surface area contributed by atoms with Gasteiger partial charge in [-0.1, -0.05) is 37.0 Å². The molecule has 20 heavy (non-hydrogen) atoms. The highest BCUT2D eigenvalue weighted by molar-refractivity contribution is 7.88. The maximum atomic E-state index is 12.3. The molecule has 0 heterocycles. The third-order valence-electron chi connectivity index (χ3n) is 2.95. The molecule has 1 aromatic carbocycles. The smallest absolute Gasteiger partial charge is 0.218 e. The largest absolute Gasteiger partial charge is 0.330 e. The van der Waals surface area contributed by atoms with E-state index in [1.807, 2.05) is 13.8 Å². The zero-order valence-corrected chi connectivity index (χ0v) is 14.2. The number of halogens is 2.